The van der Waals surface area contributed by atoms with Gasteiger partial charge >= 0.3 is 0 Å². The minimum atomic E-state index is 0.0846. The van der Waals surface area contributed by atoms with E-state index in [1.165, 1.54) is 0 Å². The summed E-state index contributed by atoms with van der Waals surface area (Å²) >= 11 is 0. The predicted octanol–water partition coefficient (Wildman–Crippen LogP) is 0.640. The molecule has 2 fully saturated rings. The van der Waals surface area contributed by atoms with Gasteiger partial charge in [0.1, 0.15) is 11.6 Å². The summed E-state index contributed by atoms with van der Waals surface area (Å²) in [6.07, 6.45) is 2.84. The van der Waals surface area contributed by atoms with E-state index >= 15 is 0 Å². The molecule has 3 heterocycles. The third-order valence-corrected chi connectivity index (χ3v) is 4.21. The second kappa shape index (κ2) is 5.36. The molecule has 0 aromatic carbocycles. The van der Waals surface area contributed by atoms with E-state index in [0.29, 0.717) is 11.6 Å². The summed E-state index contributed by atoms with van der Waals surface area (Å²) < 4.78 is 0. The summed E-state index contributed by atoms with van der Waals surface area (Å²) in [6.45, 7) is 4.54. The van der Waals surface area contributed by atoms with Crippen molar-refractivity contribution in [3.05, 3.63) is 17.6 Å². The fourth-order valence-corrected chi connectivity index (χ4v) is 3.05. The minimum Gasteiger partial charge on any atom is -0.384 e. The number of aromatic nitrogens is 2. The SMILES string of the molecule is Cc1nc(N)cc([C@@H]2CCN2C(=O)C2CCNCC2)n1. The lowest BCUT2D eigenvalue weighted by atomic mass is 9.91. The molecule has 0 aliphatic carbocycles. The lowest BCUT2D eigenvalue weighted by molar-refractivity contribution is -0.144. The second-order valence-corrected chi connectivity index (χ2v) is 5.63. The molecule has 2 aliphatic rings. The van der Waals surface area contributed by atoms with E-state index < -0.39 is 0 Å². The number of anilines is 1. The van der Waals surface area contributed by atoms with E-state index in [1.807, 2.05) is 11.8 Å². The molecule has 1 amide bonds. The van der Waals surface area contributed by atoms with Crippen LogP contribution >= 0.6 is 0 Å². The number of hydrogen-bond acceptors (Lipinski definition) is 5. The third-order valence-electron chi connectivity index (χ3n) is 4.21. The molecular formula is C14H21N5O. The van der Waals surface area contributed by atoms with Crippen molar-refractivity contribution >= 4 is 11.7 Å². The highest BCUT2D eigenvalue weighted by Crippen LogP contribution is 2.35. The van der Waals surface area contributed by atoms with E-state index in [0.717, 1.165) is 44.6 Å². The first-order valence-corrected chi connectivity index (χ1v) is 7.27. The Bertz CT molecular complexity index is 492. The molecule has 1 aromatic rings. The smallest absolute Gasteiger partial charge is 0.226 e. The van der Waals surface area contributed by atoms with Crippen LogP contribution in [0, 0.1) is 12.8 Å². The molecule has 1 atom stereocenters. The highest BCUT2D eigenvalue weighted by Gasteiger charge is 2.38. The lowest BCUT2D eigenvalue weighted by Crippen LogP contribution is -2.49. The van der Waals surface area contributed by atoms with E-state index in [4.69, 9.17) is 5.73 Å². The van der Waals surface area contributed by atoms with Gasteiger partial charge in [-0.3, -0.25) is 4.79 Å². The molecule has 1 aromatic heterocycles. The summed E-state index contributed by atoms with van der Waals surface area (Å²) in [7, 11) is 0. The molecule has 20 heavy (non-hydrogen) atoms. The van der Waals surface area contributed by atoms with Gasteiger partial charge < -0.3 is 16.0 Å². The maximum absolute atomic E-state index is 12.6. The fourth-order valence-electron chi connectivity index (χ4n) is 3.05. The predicted molar refractivity (Wildman–Crippen MR) is 75.8 cm³/mol. The molecule has 0 spiro atoms. The van der Waals surface area contributed by atoms with Gasteiger partial charge in [-0.2, -0.15) is 0 Å². The first-order valence-electron chi connectivity index (χ1n) is 7.27. The molecule has 6 heteroatoms. The Morgan fingerprint density at radius 1 is 1.35 bits per heavy atom. The summed E-state index contributed by atoms with van der Waals surface area (Å²) in [6, 6.07) is 1.88. The number of nitrogens with two attached hydrogens (primary N) is 1. The number of carbonyl (C=O) groups is 1. The number of nitrogen functional groups attached to an aromatic ring is 1. The van der Waals surface area contributed by atoms with Crippen LogP contribution in [0.15, 0.2) is 6.07 Å². The molecule has 6 nitrogen and oxygen atoms in total. The van der Waals surface area contributed by atoms with E-state index in [2.05, 4.69) is 15.3 Å². The second-order valence-electron chi connectivity index (χ2n) is 5.63. The topological polar surface area (TPSA) is 84.1 Å². The number of aryl methyl sites for hydroxylation is 1. The van der Waals surface area contributed by atoms with Crippen LogP contribution in [-0.2, 0) is 4.79 Å². The van der Waals surface area contributed by atoms with Gasteiger partial charge in [0.25, 0.3) is 0 Å². The molecule has 108 valence electrons. The quantitative estimate of drug-likeness (QED) is 0.827. The van der Waals surface area contributed by atoms with Crippen LogP contribution in [-0.4, -0.2) is 40.4 Å². The highest BCUT2D eigenvalue weighted by molar-refractivity contribution is 5.80. The largest absolute Gasteiger partial charge is 0.384 e. The number of likely N-dealkylation sites (tertiary alicyclic amines) is 1. The number of amides is 1. The van der Waals surface area contributed by atoms with Crippen LogP contribution in [0.2, 0.25) is 0 Å². The van der Waals surface area contributed by atoms with Crippen LogP contribution < -0.4 is 11.1 Å². The number of piperidine rings is 1. The highest BCUT2D eigenvalue weighted by atomic mass is 16.2. The van der Waals surface area contributed by atoms with Gasteiger partial charge in [-0.05, 0) is 39.3 Å². The molecule has 0 saturated carbocycles. The van der Waals surface area contributed by atoms with Crippen molar-refractivity contribution in [3.63, 3.8) is 0 Å². The number of rotatable bonds is 2. The third kappa shape index (κ3) is 2.47. The molecule has 2 saturated heterocycles. The van der Waals surface area contributed by atoms with Gasteiger partial charge in [-0.1, -0.05) is 0 Å². The molecule has 2 aliphatic heterocycles. The Labute approximate surface area is 118 Å². The van der Waals surface area contributed by atoms with Crippen molar-refractivity contribution in [1.29, 1.82) is 0 Å². The van der Waals surface area contributed by atoms with Crippen molar-refractivity contribution < 1.29 is 4.79 Å². The maximum Gasteiger partial charge on any atom is 0.226 e. The number of nitrogens with one attached hydrogen (secondary N) is 1. The molecule has 0 radical (unpaired) electrons. The molecule has 3 N–H and O–H groups in total. The number of hydrogen-bond donors (Lipinski definition) is 2. The zero-order valence-electron chi connectivity index (χ0n) is 11.8. The van der Waals surface area contributed by atoms with Crippen LogP contribution in [0.5, 0.6) is 0 Å². The number of carbonyl (C=O) groups excluding carboxylic acids is 1. The molecular weight excluding hydrogens is 254 g/mol. The Morgan fingerprint density at radius 2 is 2.10 bits per heavy atom. The van der Waals surface area contributed by atoms with Gasteiger partial charge in [0.2, 0.25) is 5.91 Å². The average Bonchev–Trinajstić information content (AvgIpc) is 2.37. The van der Waals surface area contributed by atoms with Gasteiger partial charge in [-0.15, -0.1) is 0 Å². The molecule has 0 unspecified atom stereocenters. The van der Waals surface area contributed by atoms with E-state index in [-0.39, 0.29) is 17.9 Å². The molecule has 3 rings (SSSR count). The van der Waals surface area contributed by atoms with Gasteiger partial charge in [0, 0.05) is 18.5 Å². The van der Waals surface area contributed by atoms with Crippen molar-refractivity contribution in [2.75, 3.05) is 25.4 Å². The summed E-state index contributed by atoms with van der Waals surface area (Å²) in [5.41, 5.74) is 6.66. The zero-order valence-corrected chi connectivity index (χ0v) is 11.8. The average molecular weight is 275 g/mol. The summed E-state index contributed by atoms with van der Waals surface area (Å²) in [4.78, 5) is 23.0. The van der Waals surface area contributed by atoms with Crippen molar-refractivity contribution in [3.8, 4) is 0 Å². The lowest BCUT2D eigenvalue weighted by Gasteiger charge is -2.43. The first-order chi connectivity index (χ1) is 9.65. The van der Waals surface area contributed by atoms with Crippen LogP contribution in [0.4, 0.5) is 5.82 Å². The number of nitrogens with zero attached hydrogens (tertiary/aromatic N) is 3. The Morgan fingerprint density at radius 3 is 2.70 bits per heavy atom. The van der Waals surface area contributed by atoms with Crippen molar-refractivity contribution in [1.82, 2.24) is 20.2 Å². The van der Waals surface area contributed by atoms with Crippen LogP contribution in [0.1, 0.15) is 36.8 Å². The maximum atomic E-state index is 12.6. The van der Waals surface area contributed by atoms with Gasteiger partial charge in [0.15, 0.2) is 0 Å². The molecule has 0 bridgehead atoms. The standard InChI is InChI=1S/C14H21N5O/c1-9-17-11(8-13(15)18-9)12-4-7-19(12)14(20)10-2-5-16-6-3-10/h8,10,12,16H,2-7H2,1H3,(H2,15,17,18)/t12-/m0/s1. The summed E-state index contributed by atoms with van der Waals surface area (Å²) in [5, 5.41) is 3.29. The normalized spacial score (nSPS) is 23.4. The van der Waals surface area contributed by atoms with E-state index in [9.17, 15) is 4.79 Å². The Kier molecular flexibility index (Phi) is 3.56. The van der Waals surface area contributed by atoms with Crippen molar-refractivity contribution in [2.45, 2.75) is 32.2 Å². The van der Waals surface area contributed by atoms with E-state index in [1.54, 1.807) is 6.07 Å². The van der Waals surface area contributed by atoms with Gasteiger partial charge in [-0.25, -0.2) is 9.97 Å². The van der Waals surface area contributed by atoms with Gasteiger partial charge in [0.05, 0.1) is 11.7 Å². The fraction of sp³-hybridized carbons (Fsp3) is 0.643. The van der Waals surface area contributed by atoms with Crippen LogP contribution in [0.25, 0.3) is 0 Å². The van der Waals surface area contributed by atoms with Crippen LogP contribution in [0.3, 0.4) is 0 Å². The first kappa shape index (κ1) is 13.3. The Hall–Kier alpha value is -1.69. The Balaban J connectivity index is 1.73. The summed E-state index contributed by atoms with van der Waals surface area (Å²) in [5.74, 6) is 1.59. The minimum absolute atomic E-state index is 0.0846. The van der Waals surface area contributed by atoms with Crippen molar-refractivity contribution in [2.24, 2.45) is 5.92 Å². The monoisotopic (exact) mass is 275 g/mol. The zero-order chi connectivity index (χ0) is 14.1.